The molecule has 7 heteroatoms. The second-order valence-corrected chi connectivity index (χ2v) is 8.33. The van der Waals surface area contributed by atoms with Gasteiger partial charge in [0.05, 0.1) is 10.6 Å². The van der Waals surface area contributed by atoms with Crippen LogP contribution in [0.3, 0.4) is 0 Å². The van der Waals surface area contributed by atoms with Gasteiger partial charge in [-0.25, -0.2) is 16.8 Å². The molecule has 0 unspecified atom stereocenters. The smallest absolute Gasteiger partial charge is 0.224 e. The Labute approximate surface area is 99.6 Å². The molecule has 0 aromatic heterocycles. The summed E-state index contributed by atoms with van der Waals surface area (Å²) in [4.78, 5) is 0.0109. The average molecular weight is 283 g/mol. The van der Waals surface area contributed by atoms with Crippen LogP contribution in [0.1, 0.15) is 11.1 Å². The molecule has 4 nitrogen and oxygen atoms in total. The van der Waals surface area contributed by atoms with Crippen LogP contribution in [0.2, 0.25) is 0 Å². The average Bonchev–Trinajstić information content (AvgIpc) is 2.04. The maximum atomic E-state index is 11.5. The van der Waals surface area contributed by atoms with Gasteiger partial charge in [-0.05, 0) is 24.1 Å². The van der Waals surface area contributed by atoms with Crippen molar-refractivity contribution in [1.29, 1.82) is 0 Å². The fraction of sp³-hybridized carbons (Fsp3) is 0.333. The molecule has 0 N–H and O–H groups in total. The third kappa shape index (κ3) is 3.77. The monoisotopic (exact) mass is 282 g/mol. The van der Waals surface area contributed by atoms with Gasteiger partial charge in [-0.15, -0.1) is 0 Å². The first-order chi connectivity index (χ1) is 7.09. The summed E-state index contributed by atoms with van der Waals surface area (Å²) in [6, 6.07) is 4.55. The largest absolute Gasteiger partial charge is 0.236 e. The Balaban J connectivity index is 3.41. The molecule has 0 spiro atoms. The zero-order valence-electron chi connectivity index (χ0n) is 8.77. The van der Waals surface area contributed by atoms with Gasteiger partial charge in [0.1, 0.15) is 0 Å². The molecule has 0 amide bonds. The van der Waals surface area contributed by atoms with Gasteiger partial charge in [0.2, 0.25) is 9.05 Å². The van der Waals surface area contributed by atoms with Crippen molar-refractivity contribution in [2.75, 3.05) is 6.26 Å². The molecule has 0 radical (unpaired) electrons. The Morgan fingerprint density at radius 1 is 1.19 bits per heavy atom. The summed E-state index contributed by atoms with van der Waals surface area (Å²) in [6.07, 6.45) is 1.03. The lowest BCUT2D eigenvalue weighted by Crippen LogP contribution is -2.05. The maximum absolute atomic E-state index is 11.5. The van der Waals surface area contributed by atoms with Crippen LogP contribution in [-0.4, -0.2) is 23.1 Å². The van der Waals surface area contributed by atoms with Crippen molar-refractivity contribution in [2.24, 2.45) is 0 Å². The molecule has 0 aliphatic rings. The van der Waals surface area contributed by atoms with E-state index < -0.39 is 24.6 Å². The number of sulfone groups is 1. The summed E-state index contributed by atoms with van der Waals surface area (Å²) in [7, 11) is -2.11. The second kappa shape index (κ2) is 4.35. The van der Waals surface area contributed by atoms with Crippen molar-refractivity contribution >= 4 is 29.6 Å². The fourth-order valence-corrected chi connectivity index (χ4v) is 3.40. The first-order valence-electron chi connectivity index (χ1n) is 4.31. The highest BCUT2D eigenvalue weighted by Crippen LogP contribution is 2.21. The van der Waals surface area contributed by atoms with Crippen molar-refractivity contribution in [3.8, 4) is 0 Å². The number of benzene rings is 1. The predicted molar refractivity (Wildman–Crippen MR) is 62.8 cm³/mol. The van der Waals surface area contributed by atoms with Gasteiger partial charge in [0.25, 0.3) is 0 Å². The molecule has 1 rings (SSSR count). The fourth-order valence-electron chi connectivity index (χ4n) is 1.31. The molecule has 0 fully saturated rings. The van der Waals surface area contributed by atoms with Crippen molar-refractivity contribution in [1.82, 2.24) is 0 Å². The van der Waals surface area contributed by atoms with E-state index in [0.29, 0.717) is 0 Å². The molecule has 1 aromatic carbocycles. The Kier molecular flexibility index (Phi) is 3.66. The van der Waals surface area contributed by atoms with Crippen molar-refractivity contribution in [2.45, 2.75) is 17.6 Å². The van der Waals surface area contributed by atoms with Crippen LogP contribution in [0, 0.1) is 6.92 Å². The molecule has 90 valence electrons. The summed E-state index contributed by atoms with van der Waals surface area (Å²) in [5.41, 5.74) is 0.944. The molecule has 1 aromatic rings. The molecule has 0 saturated heterocycles. The molecule has 0 aliphatic heterocycles. The highest BCUT2D eigenvalue weighted by molar-refractivity contribution is 8.13. The first-order valence-corrected chi connectivity index (χ1v) is 8.68. The van der Waals surface area contributed by atoms with Crippen LogP contribution >= 0.6 is 10.7 Å². The van der Waals surface area contributed by atoms with Crippen LogP contribution in [-0.2, 0) is 24.6 Å². The van der Waals surface area contributed by atoms with Gasteiger partial charge in [-0.3, -0.25) is 0 Å². The van der Waals surface area contributed by atoms with E-state index in [1.54, 1.807) is 13.0 Å². The SMILES string of the molecule is Cc1ccc(CS(=O)(=O)Cl)c(S(C)(=O)=O)c1. The van der Waals surface area contributed by atoms with E-state index in [4.69, 9.17) is 10.7 Å². The molecular formula is C9H11ClO4S2. The molecule has 0 atom stereocenters. The normalized spacial score (nSPS) is 12.7. The number of hydrogen-bond acceptors (Lipinski definition) is 4. The zero-order chi connectivity index (χ0) is 12.6. The molecule has 0 heterocycles. The number of halogens is 1. The van der Waals surface area contributed by atoms with Gasteiger partial charge >= 0.3 is 0 Å². The van der Waals surface area contributed by atoms with Gasteiger partial charge in [-0.2, -0.15) is 0 Å². The van der Waals surface area contributed by atoms with Gasteiger partial charge in [-0.1, -0.05) is 12.1 Å². The van der Waals surface area contributed by atoms with Gasteiger partial charge in [0, 0.05) is 16.9 Å². The van der Waals surface area contributed by atoms with E-state index in [9.17, 15) is 16.8 Å². The Hall–Kier alpha value is -0.590. The standard InChI is InChI=1S/C9H11ClO4S2/c1-7-3-4-8(6-16(10,13)14)9(5-7)15(2,11)12/h3-5H,6H2,1-2H3. The number of aryl methyl sites for hydroxylation is 1. The first kappa shape index (κ1) is 13.5. The van der Waals surface area contributed by atoms with Crippen LogP contribution in [0.15, 0.2) is 23.1 Å². The minimum Gasteiger partial charge on any atom is -0.224 e. The van der Waals surface area contributed by atoms with Crippen LogP contribution in [0.25, 0.3) is 0 Å². The topological polar surface area (TPSA) is 68.3 Å². The van der Waals surface area contributed by atoms with E-state index in [2.05, 4.69) is 0 Å². The number of hydrogen-bond donors (Lipinski definition) is 0. The molecule has 16 heavy (non-hydrogen) atoms. The second-order valence-electron chi connectivity index (χ2n) is 3.57. The minimum atomic E-state index is -3.77. The van der Waals surface area contributed by atoms with E-state index in [1.165, 1.54) is 12.1 Å². The minimum absolute atomic E-state index is 0.0109. The van der Waals surface area contributed by atoms with Crippen molar-refractivity contribution in [3.05, 3.63) is 29.3 Å². The van der Waals surface area contributed by atoms with Crippen molar-refractivity contribution in [3.63, 3.8) is 0 Å². The Morgan fingerprint density at radius 3 is 2.19 bits per heavy atom. The van der Waals surface area contributed by atoms with Crippen LogP contribution < -0.4 is 0 Å². The molecule has 0 bridgehead atoms. The van der Waals surface area contributed by atoms with E-state index in [1.807, 2.05) is 0 Å². The van der Waals surface area contributed by atoms with Crippen LogP contribution in [0.4, 0.5) is 0 Å². The van der Waals surface area contributed by atoms with Gasteiger partial charge in [0.15, 0.2) is 9.84 Å². The Morgan fingerprint density at radius 2 is 1.75 bits per heavy atom. The summed E-state index contributed by atoms with van der Waals surface area (Å²) in [6.45, 7) is 1.73. The third-order valence-electron chi connectivity index (χ3n) is 1.95. The third-order valence-corrected chi connectivity index (χ3v) is 4.11. The summed E-state index contributed by atoms with van der Waals surface area (Å²) in [5, 5.41) is 0. The lowest BCUT2D eigenvalue weighted by atomic mass is 10.2. The van der Waals surface area contributed by atoms with Crippen molar-refractivity contribution < 1.29 is 16.8 Å². The highest BCUT2D eigenvalue weighted by atomic mass is 35.7. The maximum Gasteiger partial charge on any atom is 0.236 e. The molecule has 0 saturated carbocycles. The lowest BCUT2D eigenvalue weighted by molar-refractivity contribution is 0.600. The molecular weight excluding hydrogens is 272 g/mol. The number of rotatable bonds is 3. The summed E-state index contributed by atoms with van der Waals surface area (Å²) >= 11 is 0. The van der Waals surface area contributed by atoms with E-state index in [0.717, 1.165) is 11.8 Å². The lowest BCUT2D eigenvalue weighted by Gasteiger charge is -2.07. The zero-order valence-corrected chi connectivity index (χ0v) is 11.2. The predicted octanol–water partition coefficient (Wildman–Crippen LogP) is 1.47. The van der Waals surface area contributed by atoms with E-state index >= 15 is 0 Å². The Bertz CT molecular complexity index is 602. The van der Waals surface area contributed by atoms with Gasteiger partial charge < -0.3 is 0 Å². The molecule has 0 aliphatic carbocycles. The quantitative estimate of drug-likeness (QED) is 0.787. The van der Waals surface area contributed by atoms with Crippen LogP contribution in [0.5, 0.6) is 0 Å². The summed E-state index contributed by atoms with van der Waals surface area (Å²) < 4.78 is 44.8. The highest BCUT2D eigenvalue weighted by Gasteiger charge is 2.17. The van der Waals surface area contributed by atoms with E-state index in [-0.39, 0.29) is 10.5 Å². The summed E-state index contributed by atoms with van der Waals surface area (Å²) in [5.74, 6) is -0.489.